The summed E-state index contributed by atoms with van der Waals surface area (Å²) in [7, 11) is 1.91. The summed E-state index contributed by atoms with van der Waals surface area (Å²) < 4.78 is 19.2. The number of likely N-dealkylation sites (N-methyl/N-ethyl adjacent to an activating group) is 1. The number of benzene rings is 1. The molecule has 98 valence electrons. The van der Waals surface area contributed by atoms with Gasteiger partial charge in [-0.05, 0) is 30.8 Å². The first-order chi connectivity index (χ1) is 9.28. The molecule has 1 aromatic carbocycles. The van der Waals surface area contributed by atoms with Crippen molar-refractivity contribution in [2.24, 2.45) is 0 Å². The number of hydrogen-bond donors (Lipinski definition) is 1. The molecular weight excluding hydrogens is 243 g/mol. The van der Waals surface area contributed by atoms with Crippen LogP contribution in [0.1, 0.15) is 17.2 Å². The normalized spacial score (nSPS) is 17.1. The molecule has 0 bridgehead atoms. The van der Waals surface area contributed by atoms with Crippen molar-refractivity contribution in [1.82, 2.24) is 10.3 Å². The van der Waals surface area contributed by atoms with Gasteiger partial charge in [0.2, 0.25) is 0 Å². The zero-order valence-electron chi connectivity index (χ0n) is 10.7. The Balaban J connectivity index is 2.10. The molecule has 1 N–H and O–H groups in total. The molecule has 0 saturated heterocycles. The summed E-state index contributed by atoms with van der Waals surface area (Å²) in [5.74, 6) is 1.26. The van der Waals surface area contributed by atoms with E-state index in [0.29, 0.717) is 11.5 Å². The first kappa shape index (κ1) is 12.1. The van der Waals surface area contributed by atoms with Gasteiger partial charge in [-0.15, -0.1) is 0 Å². The quantitative estimate of drug-likeness (QED) is 0.899. The van der Waals surface area contributed by atoms with Gasteiger partial charge in [-0.2, -0.15) is 0 Å². The highest BCUT2D eigenvalue weighted by atomic mass is 19.1. The van der Waals surface area contributed by atoms with Crippen molar-refractivity contribution >= 4 is 0 Å². The number of rotatable bonds is 2. The lowest BCUT2D eigenvalue weighted by Gasteiger charge is -2.15. The Morgan fingerprint density at radius 1 is 1.37 bits per heavy atom. The predicted octanol–water partition coefficient (Wildman–Crippen LogP) is 2.87. The van der Waals surface area contributed by atoms with Gasteiger partial charge in [-0.25, -0.2) is 4.39 Å². The number of nitrogens with zero attached hydrogens (tertiary/aromatic N) is 1. The van der Waals surface area contributed by atoms with E-state index in [9.17, 15) is 4.39 Å². The van der Waals surface area contributed by atoms with Gasteiger partial charge in [-0.1, -0.05) is 6.07 Å². The van der Waals surface area contributed by atoms with Crippen molar-refractivity contribution in [3.8, 4) is 11.5 Å². The SMILES string of the molecule is CNC[C@H]1Cc2ncccc2Oc2cc(F)ccc21. The molecule has 1 aliphatic heterocycles. The summed E-state index contributed by atoms with van der Waals surface area (Å²) in [6, 6.07) is 8.43. The van der Waals surface area contributed by atoms with E-state index in [-0.39, 0.29) is 11.7 Å². The highest BCUT2D eigenvalue weighted by Gasteiger charge is 2.24. The molecule has 2 heterocycles. The molecule has 2 aromatic rings. The zero-order valence-corrected chi connectivity index (χ0v) is 10.7. The number of nitrogens with one attached hydrogen (secondary N) is 1. The van der Waals surface area contributed by atoms with E-state index in [1.807, 2.05) is 19.2 Å². The van der Waals surface area contributed by atoms with Crippen molar-refractivity contribution in [3.63, 3.8) is 0 Å². The molecule has 1 aliphatic rings. The zero-order chi connectivity index (χ0) is 13.2. The second kappa shape index (κ2) is 4.97. The van der Waals surface area contributed by atoms with Gasteiger partial charge in [0.05, 0.1) is 5.69 Å². The van der Waals surface area contributed by atoms with Crippen LogP contribution >= 0.6 is 0 Å². The highest BCUT2D eigenvalue weighted by Crippen LogP contribution is 2.38. The highest BCUT2D eigenvalue weighted by molar-refractivity contribution is 5.45. The lowest BCUT2D eigenvalue weighted by molar-refractivity contribution is 0.469. The fourth-order valence-electron chi connectivity index (χ4n) is 2.49. The largest absolute Gasteiger partial charge is 0.455 e. The molecular formula is C15H15FN2O. The van der Waals surface area contributed by atoms with Crippen LogP contribution in [0.2, 0.25) is 0 Å². The summed E-state index contributed by atoms with van der Waals surface area (Å²) in [5.41, 5.74) is 1.94. The Hall–Kier alpha value is -1.94. The topological polar surface area (TPSA) is 34.2 Å². The number of halogens is 1. The van der Waals surface area contributed by atoms with E-state index in [0.717, 1.165) is 24.2 Å². The summed E-state index contributed by atoms with van der Waals surface area (Å²) in [5, 5.41) is 3.17. The number of pyridine rings is 1. The fraction of sp³-hybridized carbons (Fsp3) is 0.267. The van der Waals surface area contributed by atoms with Crippen LogP contribution in [-0.4, -0.2) is 18.6 Å². The Bertz CT molecular complexity index is 600. The van der Waals surface area contributed by atoms with Crippen LogP contribution < -0.4 is 10.1 Å². The summed E-state index contributed by atoms with van der Waals surface area (Å²) in [6.45, 7) is 0.804. The van der Waals surface area contributed by atoms with Crippen LogP contribution in [0.3, 0.4) is 0 Å². The first-order valence-corrected chi connectivity index (χ1v) is 6.33. The van der Waals surface area contributed by atoms with Crippen molar-refractivity contribution in [2.45, 2.75) is 12.3 Å². The molecule has 1 aromatic heterocycles. The van der Waals surface area contributed by atoms with Gasteiger partial charge in [0.25, 0.3) is 0 Å². The molecule has 1 atom stereocenters. The number of fused-ring (bicyclic) bond motifs is 2. The second-order valence-corrected chi connectivity index (χ2v) is 4.69. The third kappa shape index (κ3) is 2.31. The van der Waals surface area contributed by atoms with Crippen molar-refractivity contribution in [2.75, 3.05) is 13.6 Å². The summed E-state index contributed by atoms with van der Waals surface area (Å²) in [6.07, 6.45) is 2.55. The molecule has 0 saturated carbocycles. The molecule has 0 fully saturated rings. The van der Waals surface area contributed by atoms with Gasteiger partial charge in [0, 0.05) is 31.1 Å². The molecule has 0 unspecified atom stereocenters. The molecule has 19 heavy (non-hydrogen) atoms. The van der Waals surface area contributed by atoms with Crippen LogP contribution in [-0.2, 0) is 6.42 Å². The van der Waals surface area contributed by atoms with Crippen LogP contribution in [0.5, 0.6) is 11.5 Å². The molecule has 0 aliphatic carbocycles. The van der Waals surface area contributed by atoms with E-state index >= 15 is 0 Å². The van der Waals surface area contributed by atoms with E-state index in [1.165, 1.54) is 12.1 Å². The maximum Gasteiger partial charge on any atom is 0.148 e. The Morgan fingerprint density at radius 3 is 3.11 bits per heavy atom. The molecule has 4 heteroatoms. The third-order valence-electron chi connectivity index (χ3n) is 3.37. The number of ether oxygens (including phenoxy) is 1. The van der Waals surface area contributed by atoms with Gasteiger partial charge < -0.3 is 10.1 Å². The third-order valence-corrected chi connectivity index (χ3v) is 3.37. The monoisotopic (exact) mass is 258 g/mol. The van der Waals surface area contributed by atoms with Gasteiger partial charge in [0.1, 0.15) is 17.3 Å². The van der Waals surface area contributed by atoms with E-state index in [1.54, 1.807) is 12.3 Å². The average Bonchev–Trinajstić information content (AvgIpc) is 2.55. The average molecular weight is 258 g/mol. The molecule has 3 rings (SSSR count). The Morgan fingerprint density at radius 2 is 2.26 bits per heavy atom. The van der Waals surface area contributed by atoms with Crippen LogP contribution in [0.25, 0.3) is 0 Å². The van der Waals surface area contributed by atoms with Crippen LogP contribution in [0.4, 0.5) is 4.39 Å². The van der Waals surface area contributed by atoms with Crippen LogP contribution in [0.15, 0.2) is 36.5 Å². The molecule has 0 radical (unpaired) electrons. The fourth-order valence-corrected chi connectivity index (χ4v) is 2.49. The minimum atomic E-state index is -0.283. The lowest BCUT2D eigenvalue weighted by atomic mass is 9.93. The lowest BCUT2D eigenvalue weighted by Crippen LogP contribution is -2.19. The maximum atomic E-state index is 13.4. The second-order valence-electron chi connectivity index (χ2n) is 4.69. The minimum Gasteiger partial charge on any atom is -0.455 e. The van der Waals surface area contributed by atoms with Crippen molar-refractivity contribution in [1.29, 1.82) is 0 Å². The van der Waals surface area contributed by atoms with Gasteiger partial charge in [0.15, 0.2) is 0 Å². The smallest absolute Gasteiger partial charge is 0.148 e. The predicted molar refractivity (Wildman–Crippen MR) is 71.1 cm³/mol. The van der Waals surface area contributed by atoms with E-state index in [4.69, 9.17) is 4.74 Å². The summed E-state index contributed by atoms with van der Waals surface area (Å²) in [4.78, 5) is 4.37. The van der Waals surface area contributed by atoms with Crippen molar-refractivity contribution in [3.05, 3.63) is 53.6 Å². The van der Waals surface area contributed by atoms with Crippen LogP contribution in [0, 0.1) is 5.82 Å². The first-order valence-electron chi connectivity index (χ1n) is 6.33. The van der Waals surface area contributed by atoms with E-state index in [2.05, 4.69) is 10.3 Å². The van der Waals surface area contributed by atoms with E-state index < -0.39 is 0 Å². The standard InChI is InChI=1S/C15H15FN2O/c1-17-9-10-7-13-14(3-2-6-18-13)19-15-8-11(16)4-5-12(10)15/h2-6,8,10,17H,7,9H2,1H3/t10-/m1/s1. The maximum absolute atomic E-state index is 13.4. The Labute approximate surface area is 111 Å². The molecule has 0 amide bonds. The summed E-state index contributed by atoms with van der Waals surface area (Å²) >= 11 is 0. The number of hydrogen-bond acceptors (Lipinski definition) is 3. The Kier molecular flexibility index (Phi) is 3.17. The number of aromatic nitrogens is 1. The molecule has 0 spiro atoms. The van der Waals surface area contributed by atoms with Gasteiger partial charge in [-0.3, -0.25) is 4.98 Å². The molecule has 3 nitrogen and oxygen atoms in total. The van der Waals surface area contributed by atoms with Gasteiger partial charge >= 0.3 is 0 Å². The van der Waals surface area contributed by atoms with Crippen molar-refractivity contribution < 1.29 is 9.13 Å². The minimum absolute atomic E-state index is 0.233.